The fourth-order valence-corrected chi connectivity index (χ4v) is 7.90. The van der Waals surface area contributed by atoms with E-state index >= 15 is 0 Å². The standard InChI is InChI=1S/C51H41N3/c1-50(2)45-30-28-41(40-22-14-21-39(31-40)35-17-10-6-11-18-35)32-44(45)43-29-27-42(33-46(43)51(50,3)4)49-53-47(37-19-12-7-13-20-37)52-48(54-49)38-25-23-36(24-26-38)34-15-8-5-9-16-34/h5-33H,1-4H3. The molecule has 0 N–H and O–H groups in total. The third-order valence-corrected chi connectivity index (χ3v) is 11.7. The first kappa shape index (κ1) is 33.4. The van der Waals surface area contributed by atoms with Gasteiger partial charge in [0.15, 0.2) is 17.5 Å². The van der Waals surface area contributed by atoms with Gasteiger partial charge in [0.05, 0.1) is 0 Å². The van der Waals surface area contributed by atoms with Crippen LogP contribution in [0.3, 0.4) is 0 Å². The van der Waals surface area contributed by atoms with E-state index in [9.17, 15) is 0 Å². The van der Waals surface area contributed by atoms with Gasteiger partial charge >= 0.3 is 0 Å². The molecule has 0 saturated carbocycles. The van der Waals surface area contributed by atoms with Gasteiger partial charge in [-0.3, -0.25) is 0 Å². The van der Waals surface area contributed by atoms with Crippen LogP contribution in [0.1, 0.15) is 38.8 Å². The fourth-order valence-electron chi connectivity index (χ4n) is 7.90. The minimum atomic E-state index is -0.175. The van der Waals surface area contributed by atoms with Crippen molar-refractivity contribution in [2.45, 2.75) is 38.5 Å². The van der Waals surface area contributed by atoms with Gasteiger partial charge in [-0.15, -0.1) is 0 Å². The summed E-state index contributed by atoms with van der Waals surface area (Å²) in [7, 11) is 0. The van der Waals surface area contributed by atoms with E-state index in [1.54, 1.807) is 0 Å². The van der Waals surface area contributed by atoms with E-state index in [2.05, 4.69) is 179 Å². The number of hydrogen-bond donors (Lipinski definition) is 0. The smallest absolute Gasteiger partial charge is 0.164 e. The highest BCUT2D eigenvalue weighted by Gasteiger charge is 2.46. The summed E-state index contributed by atoms with van der Waals surface area (Å²) in [5.74, 6) is 1.98. The summed E-state index contributed by atoms with van der Waals surface area (Å²) in [5, 5.41) is 0. The van der Waals surface area contributed by atoms with E-state index in [1.807, 2.05) is 24.3 Å². The highest BCUT2D eigenvalue weighted by atomic mass is 15.0. The third kappa shape index (κ3) is 5.83. The van der Waals surface area contributed by atoms with Gasteiger partial charge in [0.1, 0.15) is 0 Å². The average Bonchev–Trinajstić information content (AvgIpc) is 3.23. The molecule has 9 rings (SSSR count). The number of fused-ring (bicyclic) bond motifs is 3. The van der Waals surface area contributed by atoms with Crippen molar-refractivity contribution < 1.29 is 0 Å². The lowest BCUT2D eigenvalue weighted by Gasteiger charge is -2.48. The zero-order valence-electron chi connectivity index (χ0n) is 31.1. The molecule has 8 aromatic rings. The minimum Gasteiger partial charge on any atom is -0.208 e. The number of aromatic nitrogens is 3. The Kier molecular flexibility index (Phi) is 8.16. The van der Waals surface area contributed by atoms with E-state index < -0.39 is 0 Å². The van der Waals surface area contributed by atoms with E-state index in [0.29, 0.717) is 17.5 Å². The minimum absolute atomic E-state index is 0.141. The first-order chi connectivity index (χ1) is 26.3. The molecule has 260 valence electrons. The summed E-state index contributed by atoms with van der Waals surface area (Å²) in [5.41, 5.74) is 15.0. The molecule has 0 fully saturated rings. The Morgan fingerprint density at radius 2 is 0.667 bits per heavy atom. The summed E-state index contributed by atoms with van der Waals surface area (Å²) < 4.78 is 0. The normalized spacial score (nSPS) is 13.9. The first-order valence-electron chi connectivity index (χ1n) is 18.7. The summed E-state index contributed by atoms with van der Waals surface area (Å²) in [6.45, 7) is 9.51. The predicted molar refractivity (Wildman–Crippen MR) is 224 cm³/mol. The van der Waals surface area contributed by atoms with Gasteiger partial charge in [-0.05, 0) is 84.7 Å². The molecule has 54 heavy (non-hydrogen) atoms. The molecule has 0 bridgehead atoms. The second-order valence-corrected chi connectivity index (χ2v) is 15.3. The Bertz CT molecular complexity index is 2620. The molecular weight excluding hydrogens is 655 g/mol. The van der Waals surface area contributed by atoms with Gasteiger partial charge in [0, 0.05) is 16.7 Å². The van der Waals surface area contributed by atoms with E-state index in [4.69, 9.17) is 15.0 Å². The molecule has 0 aliphatic heterocycles. The molecule has 1 aliphatic carbocycles. The van der Waals surface area contributed by atoms with Crippen LogP contribution in [-0.4, -0.2) is 15.0 Å². The molecule has 3 nitrogen and oxygen atoms in total. The van der Waals surface area contributed by atoms with Crippen LogP contribution in [0.15, 0.2) is 176 Å². The molecule has 7 aromatic carbocycles. The maximum atomic E-state index is 5.14. The molecule has 1 aromatic heterocycles. The van der Waals surface area contributed by atoms with Crippen LogP contribution in [0.5, 0.6) is 0 Å². The van der Waals surface area contributed by atoms with E-state index in [0.717, 1.165) is 22.3 Å². The van der Waals surface area contributed by atoms with E-state index in [-0.39, 0.29) is 10.8 Å². The summed E-state index contributed by atoms with van der Waals surface area (Å²) in [4.78, 5) is 15.3. The Labute approximate surface area is 318 Å². The van der Waals surface area contributed by atoms with Gasteiger partial charge in [-0.1, -0.05) is 185 Å². The molecule has 0 spiro atoms. The molecule has 0 atom stereocenters. The largest absolute Gasteiger partial charge is 0.208 e. The maximum absolute atomic E-state index is 5.14. The van der Waals surface area contributed by atoms with Gasteiger partial charge in [-0.25, -0.2) is 15.0 Å². The lowest BCUT2D eigenvalue weighted by atomic mass is 9.55. The van der Waals surface area contributed by atoms with Crippen molar-refractivity contribution in [1.29, 1.82) is 0 Å². The molecule has 0 saturated heterocycles. The number of hydrogen-bond acceptors (Lipinski definition) is 3. The zero-order valence-corrected chi connectivity index (χ0v) is 31.1. The number of benzene rings is 7. The maximum Gasteiger partial charge on any atom is 0.164 e. The second kappa shape index (κ2) is 13.2. The first-order valence-corrected chi connectivity index (χ1v) is 18.7. The Morgan fingerprint density at radius 3 is 1.28 bits per heavy atom. The van der Waals surface area contributed by atoms with Crippen molar-refractivity contribution >= 4 is 0 Å². The van der Waals surface area contributed by atoms with E-state index in [1.165, 1.54) is 50.1 Å². The third-order valence-electron chi connectivity index (χ3n) is 11.7. The van der Waals surface area contributed by atoms with Gasteiger partial charge in [-0.2, -0.15) is 0 Å². The Hall–Kier alpha value is -6.45. The fraction of sp³-hybridized carbons (Fsp3) is 0.118. The van der Waals surface area contributed by atoms with Crippen LogP contribution < -0.4 is 0 Å². The van der Waals surface area contributed by atoms with Crippen molar-refractivity contribution in [1.82, 2.24) is 15.0 Å². The second-order valence-electron chi connectivity index (χ2n) is 15.3. The lowest BCUT2D eigenvalue weighted by Crippen LogP contribution is -2.43. The van der Waals surface area contributed by atoms with Crippen LogP contribution in [0.2, 0.25) is 0 Å². The number of nitrogens with zero attached hydrogens (tertiary/aromatic N) is 3. The van der Waals surface area contributed by atoms with Gasteiger partial charge in [0.2, 0.25) is 0 Å². The predicted octanol–water partition coefficient (Wildman–Crippen LogP) is 13.1. The van der Waals surface area contributed by atoms with Crippen molar-refractivity contribution in [3.63, 3.8) is 0 Å². The Morgan fingerprint density at radius 1 is 0.278 bits per heavy atom. The molecule has 3 heteroatoms. The highest BCUT2D eigenvalue weighted by molar-refractivity contribution is 5.85. The van der Waals surface area contributed by atoms with Crippen molar-refractivity contribution in [2.75, 3.05) is 0 Å². The Balaban J connectivity index is 1.16. The van der Waals surface area contributed by atoms with Crippen LogP contribution in [0.4, 0.5) is 0 Å². The van der Waals surface area contributed by atoms with Crippen molar-refractivity contribution in [3.8, 4) is 78.7 Å². The molecular formula is C51H41N3. The monoisotopic (exact) mass is 695 g/mol. The summed E-state index contributed by atoms with van der Waals surface area (Å²) in [6, 6.07) is 62.4. The molecule has 1 aliphatic rings. The summed E-state index contributed by atoms with van der Waals surface area (Å²) in [6.07, 6.45) is 0. The van der Waals surface area contributed by atoms with Gasteiger partial charge < -0.3 is 0 Å². The van der Waals surface area contributed by atoms with Crippen LogP contribution in [0.25, 0.3) is 78.7 Å². The molecule has 0 unspecified atom stereocenters. The topological polar surface area (TPSA) is 38.7 Å². The van der Waals surface area contributed by atoms with Gasteiger partial charge in [0.25, 0.3) is 0 Å². The van der Waals surface area contributed by atoms with Crippen LogP contribution in [0, 0.1) is 0 Å². The lowest BCUT2D eigenvalue weighted by molar-refractivity contribution is 0.299. The molecule has 1 heterocycles. The highest BCUT2D eigenvalue weighted by Crippen LogP contribution is 2.55. The SMILES string of the molecule is CC1(C)c2ccc(-c3cccc(-c4ccccc4)c3)cc2-c2ccc(-c3nc(-c4ccccc4)nc(-c4ccc(-c5ccccc5)cc4)n3)cc2C1(C)C. The number of rotatable bonds is 6. The zero-order chi connectivity index (χ0) is 36.9. The summed E-state index contributed by atoms with van der Waals surface area (Å²) >= 11 is 0. The molecule has 0 amide bonds. The van der Waals surface area contributed by atoms with Crippen LogP contribution in [-0.2, 0) is 10.8 Å². The molecule has 0 radical (unpaired) electrons. The average molecular weight is 696 g/mol. The van der Waals surface area contributed by atoms with Crippen molar-refractivity contribution in [3.05, 3.63) is 187 Å². The van der Waals surface area contributed by atoms with Crippen LogP contribution >= 0.6 is 0 Å². The quantitative estimate of drug-likeness (QED) is 0.174. The van der Waals surface area contributed by atoms with Crippen molar-refractivity contribution in [2.24, 2.45) is 0 Å².